The summed E-state index contributed by atoms with van der Waals surface area (Å²) >= 11 is 0. The highest BCUT2D eigenvalue weighted by Crippen LogP contribution is 2.14. The molecular weight excluding hydrogens is 188 g/mol. The van der Waals surface area contributed by atoms with Gasteiger partial charge in [0.2, 0.25) is 0 Å². The first-order valence-corrected chi connectivity index (χ1v) is 5.23. The third kappa shape index (κ3) is 4.07. The zero-order valence-electron chi connectivity index (χ0n) is 9.40. The SMILES string of the molecule is C=C(OCC)C(C)COc1ccccc1. The summed E-state index contributed by atoms with van der Waals surface area (Å²) in [6.45, 7) is 9.11. The average molecular weight is 206 g/mol. The molecule has 0 heterocycles. The Morgan fingerprint density at radius 3 is 2.60 bits per heavy atom. The zero-order valence-corrected chi connectivity index (χ0v) is 9.40. The molecule has 0 fully saturated rings. The fraction of sp³-hybridized carbons (Fsp3) is 0.385. The molecule has 0 bridgehead atoms. The van der Waals surface area contributed by atoms with E-state index in [2.05, 4.69) is 6.58 Å². The summed E-state index contributed by atoms with van der Waals surface area (Å²) in [5.41, 5.74) is 0. The summed E-state index contributed by atoms with van der Waals surface area (Å²) in [7, 11) is 0. The van der Waals surface area contributed by atoms with Gasteiger partial charge in [-0.3, -0.25) is 0 Å². The molecule has 0 amide bonds. The van der Waals surface area contributed by atoms with Crippen LogP contribution in [-0.2, 0) is 4.74 Å². The maximum Gasteiger partial charge on any atom is 0.119 e. The molecule has 15 heavy (non-hydrogen) atoms. The predicted octanol–water partition coefficient (Wildman–Crippen LogP) is 3.25. The number of benzene rings is 1. The monoisotopic (exact) mass is 206 g/mol. The Morgan fingerprint density at radius 1 is 1.33 bits per heavy atom. The van der Waals surface area contributed by atoms with Crippen LogP contribution >= 0.6 is 0 Å². The van der Waals surface area contributed by atoms with E-state index in [0.717, 1.165) is 11.5 Å². The molecule has 0 spiro atoms. The Hall–Kier alpha value is -1.44. The van der Waals surface area contributed by atoms with Crippen LogP contribution in [0.2, 0.25) is 0 Å². The van der Waals surface area contributed by atoms with Gasteiger partial charge in [-0.05, 0) is 19.1 Å². The lowest BCUT2D eigenvalue weighted by atomic mass is 10.2. The minimum absolute atomic E-state index is 0.213. The molecule has 1 rings (SSSR count). The molecule has 0 N–H and O–H groups in total. The fourth-order valence-electron chi connectivity index (χ4n) is 1.16. The second-order valence-electron chi connectivity index (χ2n) is 3.42. The van der Waals surface area contributed by atoms with Gasteiger partial charge in [0, 0.05) is 5.92 Å². The lowest BCUT2D eigenvalue weighted by Gasteiger charge is -2.15. The number of para-hydroxylation sites is 1. The van der Waals surface area contributed by atoms with Crippen molar-refractivity contribution in [2.45, 2.75) is 13.8 Å². The topological polar surface area (TPSA) is 18.5 Å². The van der Waals surface area contributed by atoms with Crippen molar-refractivity contribution < 1.29 is 9.47 Å². The van der Waals surface area contributed by atoms with Crippen molar-refractivity contribution >= 4 is 0 Å². The van der Waals surface area contributed by atoms with Crippen LogP contribution in [-0.4, -0.2) is 13.2 Å². The van der Waals surface area contributed by atoms with Gasteiger partial charge in [-0.25, -0.2) is 0 Å². The summed E-state index contributed by atoms with van der Waals surface area (Å²) in [5, 5.41) is 0. The van der Waals surface area contributed by atoms with Crippen molar-refractivity contribution in [3.8, 4) is 5.75 Å². The average Bonchev–Trinajstić information content (AvgIpc) is 2.27. The van der Waals surface area contributed by atoms with Crippen molar-refractivity contribution in [3.05, 3.63) is 42.7 Å². The molecule has 2 heteroatoms. The highest BCUT2D eigenvalue weighted by molar-refractivity contribution is 5.20. The maximum atomic E-state index is 5.59. The summed E-state index contributed by atoms with van der Waals surface area (Å²) in [4.78, 5) is 0. The first kappa shape index (κ1) is 11.6. The van der Waals surface area contributed by atoms with Gasteiger partial charge in [0.25, 0.3) is 0 Å². The van der Waals surface area contributed by atoms with E-state index >= 15 is 0 Å². The highest BCUT2D eigenvalue weighted by Gasteiger charge is 2.08. The van der Waals surface area contributed by atoms with Crippen molar-refractivity contribution in [1.82, 2.24) is 0 Å². The van der Waals surface area contributed by atoms with Crippen LogP contribution in [0.1, 0.15) is 13.8 Å². The first-order valence-electron chi connectivity index (χ1n) is 5.23. The van der Waals surface area contributed by atoms with E-state index in [1.54, 1.807) is 0 Å². The Morgan fingerprint density at radius 2 is 2.00 bits per heavy atom. The van der Waals surface area contributed by atoms with E-state index in [1.807, 2.05) is 44.2 Å². The summed E-state index contributed by atoms with van der Waals surface area (Å²) in [6.07, 6.45) is 0. The number of hydrogen-bond donors (Lipinski definition) is 0. The van der Waals surface area contributed by atoms with E-state index in [1.165, 1.54) is 0 Å². The van der Waals surface area contributed by atoms with Crippen LogP contribution in [0.4, 0.5) is 0 Å². The van der Waals surface area contributed by atoms with E-state index < -0.39 is 0 Å². The summed E-state index contributed by atoms with van der Waals surface area (Å²) in [5.74, 6) is 1.88. The predicted molar refractivity (Wildman–Crippen MR) is 61.9 cm³/mol. The molecule has 0 aliphatic heterocycles. The van der Waals surface area contributed by atoms with Gasteiger partial charge in [-0.1, -0.05) is 31.7 Å². The van der Waals surface area contributed by atoms with E-state index in [-0.39, 0.29) is 5.92 Å². The van der Waals surface area contributed by atoms with E-state index in [9.17, 15) is 0 Å². The Bertz CT molecular complexity index is 293. The molecule has 0 aliphatic carbocycles. The molecule has 1 atom stereocenters. The van der Waals surface area contributed by atoms with Gasteiger partial charge in [0.05, 0.1) is 19.0 Å². The molecule has 1 aromatic rings. The molecular formula is C13H18O2. The molecule has 2 nitrogen and oxygen atoms in total. The van der Waals surface area contributed by atoms with Gasteiger partial charge in [0.15, 0.2) is 0 Å². The second kappa shape index (κ2) is 6.12. The van der Waals surface area contributed by atoms with E-state index in [4.69, 9.17) is 9.47 Å². The van der Waals surface area contributed by atoms with Gasteiger partial charge in [0.1, 0.15) is 5.75 Å². The van der Waals surface area contributed by atoms with Crippen LogP contribution in [0.15, 0.2) is 42.7 Å². The van der Waals surface area contributed by atoms with Gasteiger partial charge in [-0.2, -0.15) is 0 Å². The van der Waals surface area contributed by atoms with Crippen molar-refractivity contribution in [1.29, 1.82) is 0 Å². The Labute approximate surface area is 91.5 Å². The molecule has 0 aromatic heterocycles. The third-order valence-corrected chi connectivity index (χ3v) is 2.12. The molecule has 0 saturated carbocycles. The van der Waals surface area contributed by atoms with Crippen LogP contribution in [0.3, 0.4) is 0 Å². The quantitative estimate of drug-likeness (QED) is 0.665. The summed E-state index contributed by atoms with van der Waals surface area (Å²) < 4.78 is 10.9. The smallest absolute Gasteiger partial charge is 0.119 e. The Balaban J connectivity index is 2.34. The number of hydrogen-bond acceptors (Lipinski definition) is 2. The Kier molecular flexibility index (Phi) is 4.75. The minimum Gasteiger partial charge on any atom is -0.498 e. The normalized spacial score (nSPS) is 11.9. The van der Waals surface area contributed by atoms with Crippen LogP contribution in [0.5, 0.6) is 5.75 Å². The van der Waals surface area contributed by atoms with Crippen LogP contribution < -0.4 is 4.74 Å². The molecule has 1 unspecified atom stereocenters. The van der Waals surface area contributed by atoms with Crippen LogP contribution in [0.25, 0.3) is 0 Å². The van der Waals surface area contributed by atoms with Crippen molar-refractivity contribution in [3.63, 3.8) is 0 Å². The second-order valence-corrected chi connectivity index (χ2v) is 3.42. The number of ether oxygens (including phenoxy) is 2. The van der Waals surface area contributed by atoms with Gasteiger partial charge in [-0.15, -0.1) is 0 Å². The fourth-order valence-corrected chi connectivity index (χ4v) is 1.16. The first-order chi connectivity index (χ1) is 7.24. The maximum absolute atomic E-state index is 5.59. The zero-order chi connectivity index (χ0) is 11.1. The van der Waals surface area contributed by atoms with Crippen molar-refractivity contribution in [2.24, 2.45) is 5.92 Å². The number of rotatable bonds is 6. The highest BCUT2D eigenvalue weighted by atomic mass is 16.5. The minimum atomic E-state index is 0.213. The van der Waals surface area contributed by atoms with Gasteiger partial charge < -0.3 is 9.47 Å². The third-order valence-electron chi connectivity index (χ3n) is 2.12. The van der Waals surface area contributed by atoms with E-state index in [0.29, 0.717) is 13.2 Å². The van der Waals surface area contributed by atoms with Crippen LogP contribution in [0, 0.1) is 5.92 Å². The van der Waals surface area contributed by atoms with Crippen molar-refractivity contribution in [2.75, 3.05) is 13.2 Å². The largest absolute Gasteiger partial charge is 0.498 e. The molecule has 0 aliphatic rings. The standard InChI is InChI=1S/C13H18O2/c1-4-14-12(3)11(2)10-15-13-8-6-5-7-9-13/h5-9,11H,3-4,10H2,1-2H3. The molecule has 82 valence electrons. The lowest BCUT2D eigenvalue weighted by Crippen LogP contribution is -2.12. The molecule has 0 saturated heterocycles. The lowest BCUT2D eigenvalue weighted by molar-refractivity contribution is 0.166. The molecule has 0 radical (unpaired) electrons. The van der Waals surface area contributed by atoms with Gasteiger partial charge >= 0.3 is 0 Å². The summed E-state index contributed by atoms with van der Waals surface area (Å²) in [6, 6.07) is 9.76. The molecule has 1 aromatic carbocycles.